The van der Waals surface area contributed by atoms with Gasteiger partial charge in [-0.2, -0.15) is 0 Å². The van der Waals surface area contributed by atoms with Crippen LogP contribution in [0.3, 0.4) is 0 Å². The summed E-state index contributed by atoms with van der Waals surface area (Å²) in [6, 6.07) is 0. The van der Waals surface area contributed by atoms with Crippen LogP contribution in [0.1, 0.15) is 101 Å². The summed E-state index contributed by atoms with van der Waals surface area (Å²) in [7, 11) is 1.76. The van der Waals surface area contributed by atoms with Crippen LogP contribution in [-0.2, 0) is 4.74 Å². The maximum Gasteiger partial charge on any atom is 0.0657 e. The number of allylic oxidation sites excluding steroid dienone is 23. The molecule has 0 spiro atoms. The maximum atomic E-state index is 5.45. The standard InChI is InChI=1S/C41H60O/c1-34(2)20-14-23-37(5)26-17-29-38(6)27-15-24-35(3)21-12-13-22-36(4)25-16-28-39(7)30-18-31-40(8)32-19-33-41(9,10)42-11/h12-13,15-16,18-22,24-28,30-32H,14,17,23,29,33H2,1-11H3/b13-12+,24-15+,25-16+,30-18+,32-19+,35-21+,36-22+,37-26+,38-27+,39-28-,40-31+. The van der Waals surface area contributed by atoms with E-state index in [1.165, 1.54) is 39.0 Å². The molecule has 0 aromatic rings. The van der Waals surface area contributed by atoms with Gasteiger partial charge in [0.15, 0.2) is 0 Å². The fraction of sp³-hybridized carbons (Fsp3) is 0.415. The Morgan fingerprint density at radius 1 is 0.524 bits per heavy atom. The predicted molar refractivity (Wildman–Crippen MR) is 192 cm³/mol. The highest BCUT2D eigenvalue weighted by Gasteiger charge is 2.12. The van der Waals surface area contributed by atoms with E-state index < -0.39 is 0 Å². The third-order valence-corrected chi connectivity index (χ3v) is 6.67. The first-order valence-electron chi connectivity index (χ1n) is 15.4. The Morgan fingerprint density at radius 3 is 1.45 bits per heavy atom. The van der Waals surface area contributed by atoms with Crippen molar-refractivity contribution in [2.75, 3.05) is 7.11 Å². The molecule has 1 heteroatoms. The number of hydrogen-bond donors (Lipinski definition) is 0. The molecule has 0 aliphatic carbocycles. The van der Waals surface area contributed by atoms with E-state index in [2.05, 4.69) is 173 Å². The lowest BCUT2D eigenvalue weighted by Gasteiger charge is -2.20. The van der Waals surface area contributed by atoms with Crippen molar-refractivity contribution in [3.8, 4) is 0 Å². The van der Waals surface area contributed by atoms with Gasteiger partial charge in [0.05, 0.1) is 5.60 Å². The topological polar surface area (TPSA) is 9.23 Å². The summed E-state index contributed by atoms with van der Waals surface area (Å²) >= 11 is 0. The molecule has 0 heterocycles. The van der Waals surface area contributed by atoms with Crippen LogP contribution in [0.5, 0.6) is 0 Å². The van der Waals surface area contributed by atoms with Crippen LogP contribution >= 0.6 is 0 Å². The van der Waals surface area contributed by atoms with Crippen LogP contribution in [0.4, 0.5) is 0 Å². The number of methoxy groups -OCH3 is 1. The van der Waals surface area contributed by atoms with Crippen molar-refractivity contribution in [3.05, 3.63) is 142 Å². The average molecular weight is 569 g/mol. The molecule has 0 aliphatic rings. The van der Waals surface area contributed by atoms with E-state index in [0.717, 1.165) is 32.1 Å². The van der Waals surface area contributed by atoms with Gasteiger partial charge in [-0.05, 0) is 101 Å². The van der Waals surface area contributed by atoms with Gasteiger partial charge in [0.1, 0.15) is 0 Å². The van der Waals surface area contributed by atoms with Crippen molar-refractivity contribution < 1.29 is 4.74 Å². The molecule has 0 fully saturated rings. The predicted octanol–water partition coefficient (Wildman–Crippen LogP) is 12.8. The molecule has 0 aromatic carbocycles. The second kappa shape index (κ2) is 23.4. The zero-order chi connectivity index (χ0) is 31.8. The van der Waals surface area contributed by atoms with Crippen molar-refractivity contribution >= 4 is 0 Å². The fourth-order valence-corrected chi connectivity index (χ4v) is 3.64. The first-order chi connectivity index (χ1) is 19.8. The molecule has 0 rings (SSSR count). The van der Waals surface area contributed by atoms with E-state index in [0.29, 0.717) is 0 Å². The van der Waals surface area contributed by atoms with Gasteiger partial charge in [-0.1, -0.05) is 142 Å². The van der Waals surface area contributed by atoms with E-state index in [9.17, 15) is 0 Å². The zero-order valence-corrected chi connectivity index (χ0v) is 28.8. The average Bonchev–Trinajstić information content (AvgIpc) is 2.91. The summed E-state index contributed by atoms with van der Waals surface area (Å²) in [5.41, 5.74) is 9.06. The van der Waals surface area contributed by atoms with Crippen molar-refractivity contribution in [1.29, 1.82) is 0 Å². The van der Waals surface area contributed by atoms with Gasteiger partial charge in [-0.15, -0.1) is 0 Å². The Labute approximate surface area is 260 Å². The van der Waals surface area contributed by atoms with Crippen molar-refractivity contribution in [1.82, 2.24) is 0 Å². The molecule has 42 heavy (non-hydrogen) atoms. The highest BCUT2D eigenvalue weighted by molar-refractivity contribution is 5.32. The Morgan fingerprint density at radius 2 is 0.952 bits per heavy atom. The van der Waals surface area contributed by atoms with Gasteiger partial charge in [0.2, 0.25) is 0 Å². The zero-order valence-electron chi connectivity index (χ0n) is 28.8. The van der Waals surface area contributed by atoms with Crippen molar-refractivity contribution in [2.24, 2.45) is 0 Å². The van der Waals surface area contributed by atoms with Crippen LogP contribution in [0.25, 0.3) is 0 Å². The fourth-order valence-electron chi connectivity index (χ4n) is 3.64. The third-order valence-electron chi connectivity index (χ3n) is 6.67. The minimum Gasteiger partial charge on any atom is -0.378 e. The van der Waals surface area contributed by atoms with Crippen LogP contribution in [-0.4, -0.2) is 12.7 Å². The summed E-state index contributed by atoms with van der Waals surface area (Å²) in [5, 5.41) is 0. The Hall–Kier alpha value is -3.16. The summed E-state index contributed by atoms with van der Waals surface area (Å²) in [6.45, 7) is 21.5. The lowest BCUT2D eigenvalue weighted by atomic mass is 10.0. The van der Waals surface area contributed by atoms with Crippen LogP contribution in [0.2, 0.25) is 0 Å². The molecule has 0 saturated carbocycles. The molecular formula is C41H60O. The highest BCUT2D eigenvalue weighted by Crippen LogP contribution is 2.14. The van der Waals surface area contributed by atoms with Crippen LogP contribution in [0.15, 0.2) is 142 Å². The van der Waals surface area contributed by atoms with E-state index in [4.69, 9.17) is 4.74 Å². The molecule has 0 unspecified atom stereocenters. The Bertz CT molecular complexity index is 1150. The second-order valence-corrected chi connectivity index (χ2v) is 12.1. The highest BCUT2D eigenvalue weighted by atomic mass is 16.5. The molecule has 0 atom stereocenters. The van der Waals surface area contributed by atoms with Crippen LogP contribution < -0.4 is 0 Å². The van der Waals surface area contributed by atoms with Crippen molar-refractivity contribution in [3.63, 3.8) is 0 Å². The van der Waals surface area contributed by atoms with E-state index in [1.807, 2.05) is 0 Å². The summed E-state index contributed by atoms with van der Waals surface area (Å²) in [5.74, 6) is 0. The molecule has 0 bridgehead atoms. The molecule has 230 valence electrons. The first-order valence-corrected chi connectivity index (χ1v) is 15.4. The Balaban J connectivity index is 4.66. The smallest absolute Gasteiger partial charge is 0.0657 e. The normalized spacial score (nSPS) is 15.5. The molecule has 0 saturated heterocycles. The molecule has 0 radical (unpaired) electrons. The maximum absolute atomic E-state index is 5.45. The minimum absolute atomic E-state index is 0.118. The molecule has 0 aliphatic heterocycles. The number of hydrogen-bond acceptors (Lipinski definition) is 1. The monoisotopic (exact) mass is 568 g/mol. The second-order valence-electron chi connectivity index (χ2n) is 12.1. The number of ether oxygens (including phenoxy) is 1. The first kappa shape index (κ1) is 38.8. The summed E-state index contributed by atoms with van der Waals surface area (Å²) < 4.78 is 5.45. The summed E-state index contributed by atoms with van der Waals surface area (Å²) in [6.07, 6.45) is 42.2. The van der Waals surface area contributed by atoms with Gasteiger partial charge in [0, 0.05) is 7.11 Å². The molecule has 1 nitrogen and oxygen atoms in total. The molecule has 0 aromatic heterocycles. The lowest BCUT2D eigenvalue weighted by Crippen LogP contribution is -2.20. The van der Waals surface area contributed by atoms with Crippen molar-refractivity contribution in [2.45, 2.75) is 107 Å². The SMILES string of the molecule is COC(C)(C)C/C=C/C(C)=C/C=C/C(C)=C\C=C\C(C)=C\C=C\C=C(C)\C=C\C=C(/C)CC/C=C(\C)CCC=C(C)C. The largest absolute Gasteiger partial charge is 0.378 e. The van der Waals surface area contributed by atoms with Gasteiger partial charge < -0.3 is 4.74 Å². The van der Waals surface area contributed by atoms with Gasteiger partial charge in [-0.3, -0.25) is 0 Å². The molecular weight excluding hydrogens is 508 g/mol. The van der Waals surface area contributed by atoms with Crippen LogP contribution in [0, 0.1) is 0 Å². The van der Waals surface area contributed by atoms with Gasteiger partial charge in [-0.25, -0.2) is 0 Å². The Kier molecular flexibility index (Phi) is 21.6. The van der Waals surface area contributed by atoms with E-state index in [-0.39, 0.29) is 5.60 Å². The summed E-state index contributed by atoms with van der Waals surface area (Å²) in [4.78, 5) is 0. The quantitative estimate of drug-likeness (QED) is 0.118. The minimum atomic E-state index is -0.118. The lowest BCUT2D eigenvalue weighted by molar-refractivity contribution is 0.0255. The molecule has 0 N–H and O–H groups in total. The third kappa shape index (κ3) is 24.6. The molecule has 0 amide bonds. The van der Waals surface area contributed by atoms with E-state index >= 15 is 0 Å². The number of rotatable bonds is 18. The van der Waals surface area contributed by atoms with Gasteiger partial charge in [0.25, 0.3) is 0 Å². The van der Waals surface area contributed by atoms with Gasteiger partial charge >= 0.3 is 0 Å². The van der Waals surface area contributed by atoms with E-state index in [1.54, 1.807) is 7.11 Å².